The minimum absolute atomic E-state index is 0.122. The lowest BCUT2D eigenvalue weighted by molar-refractivity contribution is -0.149. The number of carbonyl (C=O) groups is 1. The predicted octanol–water partition coefficient (Wildman–Crippen LogP) is 8.41. The first-order chi connectivity index (χ1) is 23.7. The van der Waals surface area contributed by atoms with Crippen LogP contribution in [0, 0.1) is 5.92 Å². The standard InChI is InChI=1S/C45H38O2Si/c1-2-47-43(46)40-33-44(36-25-13-5-14-26-36)41(34-21-9-3-10-22-34)42(35-23-11-4-12-24-35)45(40,37-27-15-6-16-28-37)48(44,38-29-17-7-18-30-38)39-31-19-8-20-32-39/h3-32,40H,2,33H2,1H3. The molecule has 234 valence electrons. The van der Waals surface area contributed by atoms with Gasteiger partial charge in [0.2, 0.25) is 0 Å². The van der Waals surface area contributed by atoms with E-state index in [-0.39, 0.29) is 5.97 Å². The number of esters is 1. The fourth-order valence-corrected chi connectivity index (χ4v) is 17.7. The van der Waals surface area contributed by atoms with Crippen LogP contribution >= 0.6 is 0 Å². The molecule has 0 aromatic heterocycles. The average molecular weight is 639 g/mol. The highest BCUT2D eigenvalue weighted by Gasteiger charge is 2.83. The van der Waals surface area contributed by atoms with Gasteiger partial charge >= 0.3 is 5.97 Å². The van der Waals surface area contributed by atoms with Crippen molar-refractivity contribution in [2.75, 3.05) is 6.61 Å². The van der Waals surface area contributed by atoms with Crippen LogP contribution in [0.25, 0.3) is 11.1 Å². The van der Waals surface area contributed by atoms with E-state index in [1.807, 2.05) is 6.92 Å². The maximum absolute atomic E-state index is 14.9. The number of hydrogen-bond acceptors (Lipinski definition) is 2. The summed E-state index contributed by atoms with van der Waals surface area (Å²) < 4.78 is 6.16. The molecule has 2 aliphatic rings. The summed E-state index contributed by atoms with van der Waals surface area (Å²) in [4.78, 5) is 14.9. The summed E-state index contributed by atoms with van der Waals surface area (Å²) in [5.74, 6) is -0.557. The summed E-state index contributed by atoms with van der Waals surface area (Å²) in [5.41, 5.74) is 7.34. The molecule has 0 N–H and O–H groups in total. The van der Waals surface area contributed by atoms with E-state index in [4.69, 9.17) is 4.74 Å². The van der Waals surface area contributed by atoms with Gasteiger partial charge in [-0.25, -0.2) is 0 Å². The third kappa shape index (κ3) is 4.01. The second kappa shape index (κ2) is 12.1. The molecule has 2 bridgehead atoms. The van der Waals surface area contributed by atoms with Gasteiger partial charge in [-0.15, -0.1) is 0 Å². The number of carbonyl (C=O) groups excluding carboxylic acids is 1. The van der Waals surface area contributed by atoms with Crippen LogP contribution in [0.4, 0.5) is 0 Å². The van der Waals surface area contributed by atoms with Gasteiger partial charge in [0.25, 0.3) is 0 Å². The number of hydrogen-bond donors (Lipinski definition) is 0. The minimum atomic E-state index is -3.28. The summed E-state index contributed by atoms with van der Waals surface area (Å²) in [6.45, 7) is 2.26. The van der Waals surface area contributed by atoms with Crippen LogP contribution in [0.5, 0.6) is 0 Å². The Bertz CT molecular complexity index is 2020. The van der Waals surface area contributed by atoms with Crippen LogP contribution in [0.1, 0.15) is 35.6 Å². The molecule has 2 heterocycles. The molecule has 6 aromatic rings. The lowest BCUT2D eigenvalue weighted by Crippen LogP contribution is -2.76. The van der Waals surface area contributed by atoms with Gasteiger partial charge in [0.15, 0.2) is 0 Å². The first-order valence-corrected chi connectivity index (χ1v) is 19.0. The molecule has 0 radical (unpaired) electrons. The summed E-state index contributed by atoms with van der Waals surface area (Å²) in [7, 11) is -3.28. The highest BCUT2D eigenvalue weighted by Crippen LogP contribution is 2.75. The zero-order chi connectivity index (χ0) is 32.6. The fraction of sp³-hybridized carbons (Fsp3) is 0.133. The third-order valence-electron chi connectivity index (χ3n) is 10.9. The number of ether oxygens (including phenoxy) is 1. The SMILES string of the molecule is CCOC(=O)C1CC2(c3ccccc3)C(c3ccccc3)=C(c3ccccc3)C1(c1ccccc1)[Si]2(c1ccccc1)c1ccccc1. The zero-order valence-electron chi connectivity index (χ0n) is 27.1. The number of fused-ring (bicyclic) bond motifs is 2. The lowest BCUT2D eigenvalue weighted by Gasteiger charge is -2.50. The van der Waals surface area contributed by atoms with E-state index < -0.39 is 24.1 Å². The smallest absolute Gasteiger partial charge is 0.309 e. The summed E-state index contributed by atoms with van der Waals surface area (Å²) in [5, 5.41) is 1.35. The van der Waals surface area contributed by atoms with Gasteiger partial charge in [0.1, 0.15) is 8.07 Å². The maximum Gasteiger partial charge on any atom is 0.309 e. The Hall–Kier alpha value is -5.25. The topological polar surface area (TPSA) is 26.3 Å². The van der Waals surface area contributed by atoms with Crippen molar-refractivity contribution < 1.29 is 9.53 Å². The van der Waals surface area contributed by atoms with E-state index in [1.165, 1.54) is 38.2 Å². The first kappa shape index (κ1) is 30.1. The van der Waals surface area contributed by atoms with E-state index in [1.54, 1.807) is 0 Å². The molecule has 0 saturated carbocycles. The van der Waals surface area contributed by atoms with Gasteiger partial charge in [-0.3, -0.25) is 4.79 Å². The number of rotatable bonds is 8. The van der Waals surface area contributed by atoms with Gasteiger partial charge in [0, 0.05) is 10.1 Å². The van der Waals surface area contributed by atoms with Gasteiger partial charge < -0.3 is 4.74 Å². The van der Waals surface area contributed by atoms with Crippen LogP contribution in [-0.4, -0.2) is 20.7 Å². The number of benzene rings is 6. The van der Waals surface area contributed by atoms with Crippen LogP contribution in [0.15, 0.2) is 182 Å². The molecule has 0 aliphatic carbocycles. The molecule has 48 heavy (non-hydrogen) atoms. The van der Waals surface area contributed by atoms with Crippen LogP contribution in [0.2, 0.25) is 0 Å². The molecule has 0 amide bonds. The fourth-order valence-electron chi connectivity index (χ4n) is 9.70. The molecule has 3 heteroatoms. The van der Waals surface area contributed by atoms with E-state index in [0.717, 1.165) is 5.56 Å². The second-order valence-electron chi connectivity index (χ2n) is 12.9. The highest BCUT2D eigenvalue weighted by atomic mass is 28.3. The van der Waals surface area contributed by atoms with Crippen LogP contribution in [-0.2, 0) is 19.6 Å². The molecular formula is C45H38O2Si. The van der Waals surface area contributed by atoms with Crippen molar-refractivity contribution in [3.05, 3.63) is 204 Å². The Morgan fingerprint density at radius 3 is 1.42 bits per heavy atom. The van der Waals surface area contributed by atoms with Gasteiger partial charge in [-0.2, -0.15) is 0 Å². The van der Waals surface area contributed by atoms with Crippen molar-refractivity contribution in [1.29, 1.82) is 0 Å². The van der Waals surface area contributed by atoms with Crippen molar-refractivity contribution in [1.82, 2.24) is 0 Å². The second-order valence-corrected chi connectivity index (χ2v) is 17.2. The monoisotopic (exact) mass is 638 g/mol. The Morgan fingerprint density at radius 1 is 0.562 bits per heavy atom. The number of allylic oxidation sites excluding steroid dienone is 2. The summed E-state index contributed by atoms with van der Waals surface area (Å²) in [6.07, 6.45) is 0.640. The van der Waals surface area contributed by atoms with Crippen molar-refractivity contribution in [3.63, 3.8) is 0 Å². The molecule has 2 nitrogen and oxygen atoms in total. The van der Waals surface area contributed by atoms with Gasteiger partial charge in [-0.1, -0.05) is 192 Å². The molecule has 1 fully saturated rings. The molecule has 3 unspecified atom stereocenters. The zero-order valence-corrected chi connectivity index (χ0v) is 28.1. The first-order valence-electron chi connectivity index (χ1n) is 17.0. The Kier molecular flexibility index (Phi) is 7.58. The van der Waals surface area contributed by atoms with Crippen molar-refractivity contribution in [2.24, 2.45) is 5.92 Å². The largest absolute Gasteiger partial charge is 0.466 e. The van der Waals surface area contributed by atoms with E-state index in [2.05, 4.69) is 182 Å². The third-order valence-corrected chi connectivity index (χ3v) is 17.4. The molecule has 1 saturated heterocycles. The van der Waals surface area contributed by atoms with E-state index in [0.29, 0.717) is 13.0 Å². The summed E-state index contributed by atoms with van der Waals surface area (Å²) >= 11 is 0. The molecular weight excluding hydrogens is 601 g/mol. The Labute approximate surface area is 284 Å². The Balaban J connectivity index is 1.71. The van der Waals surface area contributed by atoms with E-state index in [9.17, 15) is 4.79 Å². The average Bonchev–Trinajstić information content (AvgIpc) is 3.59. The van der Waals surface area contributed by atoms with Gasteiger partial charge in [0.05, 0.1) is 12.5 Å². The van der Waals surface area contributed by atoms with Crippen molar-refractivity contribution >= 4 is 35.6 Å². The van der Waals surface area contributed by atoms with Crippen LogP contribution < -0.4 is 10.4 Å². The normalized spacial score (nSPS) is 22.4. The quantitative estimate of drug-likeness (QED) is 0.124. The van der Waals surface area contributed by atoms with E-state index >= 15 is 0 Å². The molecule has 6 aromatic carbocycles. The highest BCUT2D eigenvalue weighted by molar-refractivity contribution is 7.10. The predicted molar refractivity (Wildman–Crippen MR) is 199 cm³/mol. The van der Waals surface area contributed by atoms with Crippen LogP contribution in [0.3, 0.4) is 0 Å². The van der Waals surface area contributed by atoms with Crippen molar-refractivity contribution in [2.45, 2.75) is 23.4 Å². The molecule has 3 atom stereocenters. The minimum Gasteiger partial charge on any atom is -0.466 e. The van der Waals surface area contributed by atoms with Crippen molar-refractivity contribution in [3.8, 4) is 0 Å². The lowest BCUT2D eigenvalue weighted by atomic mass is 9.63. The molecule has 0 spiro atoms. The molecule has 2 aliphatic heterocycles. The Morgan fingerprint density at radius 2 is 0.958 bits per heavy atom. The molecule has 8 rings (SSSR count). The summed E-state index contributed by atoms with van der Waals surface area (Å²) in [6, 6.07) is 66.2. The van der Waals surface area contributed by atoms with Gasteiger partial charge in [-0.05, 0) is 46.7 Å². The maximum atomic E-state index is 14.9.